The summed E-state index contributed by atoms with van der Waals surface area (Å²) in [6.07, 6.45) is 2.17. The van der Waals surface area contributed by atoms with Crippen molar-refractivity contribution in [1.82, 2.24) is 0 Å². The first-order valence-corrected chi connectivity index (χ1v) is 9.40. The molecule has 2 aromatic rings. The summed E-state index contributed by atoms with van der Waals surface area (Å²) in [6.45, 7) is 8.62. The van der Waals surface area contributed by atoms with Crippen LogP contribution in [-0.4, -0.2) is 12.5 Å². The minimum Gasteiger partial charge on any atom is -0.484 e. The van der Waals surface area contributed by atoms with Crippen LogP contribution in [0.4, 0.5) is 5.69 Å². The Morgan fingerprint density at radius 1 is 1.12 bits per heavy atom. The van der Waals surface area contributed by atoms with Crippen LogP contribution in [0.25, 0.3) is 0 Å². The highest BCUT2D eigenvalue weighted by atomic mass is 79.9. The first kappa shape index (κ1) is 19.5. The molecule has 0 aromatic heterocycles. The van der Waals surface area contributed by atoms with Gasteiger partial charge >= 0.3 is 0 Å². The lowest BCUT2D eigenvalue weighted by Crippen LogP contribution is -2.20. The van der Waals surface area contributed by atoms with Crippen LogP contribution in [0, 0.1) is 0 Å². The van der Waals surface area contributed by atoms with Crippen molar-refractivity contribution in [3.63, 3.8) is 0 Å². The van der Waals surface area contributed by atoms with Crippen LogP contribution < -0.4 is 10.1 Å². The lowest BCUT2D eigenvalue weighted by atomic mass is 9.87. The molecule has 0 heterocycles. The molecule has 0 radical (unpaired) electrons. The van der Waals surface area contributed by atoms with Crippen molar-refractivity contribution in [2.24, 2.45) is 0 Å². The fourth-order valence-corrected chi connectivity index (χ4v) is 2.94. The van der Waals surface area contributed by atoms with Gasteiger partial charge in [0.2, 0.25) is 0 Å². The van der Waals surface area contributed by atoms with Crippen molar-refractivity contribution < 1.29 is 9.53 Å². The lowest BCUT2D eigenvalue weighted by Gasteiger charge is -2.20. The van der Waals surface area contributed by atoms with E-state index in [1.807, 2.05) is 42.5 Å². The fraction of sp³-hybridized carbons (Fsp3) is 0.381. The largest absolute Gasteiger partial charge is 0.484 e. The van der Waals surface area contributed by atoms with Gasteiger partial charge in [-0.05, 0) is 63.2 Å². The molecule has 134 valence electrons. The van der Waals surface area contributed by atoms with E-state index >= 15 is 0 Å². The van der Waals surface area contributed by atoms with Crippen molar-refractivity contribution in [2.45, 2.75) is 46.0 Å². The number of rotatable bonds is 6. The maximum absolute atomic E-state index is 12.1. The van der Waals surface area contributed by atoms with Crippen molar-refractivity contribution in [3.05, 3.63) is 58.1 Å². The summed E-state index contributed by atoms with van der Waals surface area (Å²) in [4.78, 5) is 12.1. The summed E-state index contributed by atoms with van der Waals surface area (Å²) in [5.41, 5.74) is 3.31. The number of benzene rings is 2. The van der Waals surface area contributed by atoms with Gasteiger partial charge in [0.05, 0.1) is 5.69 Å². The Morgan fingerprint density at radius 2 is 1.80 bits per heavy atom. The molecule has 0 saturated heterocycles. The monoisotopic (exact) mass is 403 g/mol. The molecule has 0 saturated carbocycles. The molecule has 3 nitrogen and oxygen atoms in total. The Morgan fingerprint density at radius 3 is 2.36 bits per heavy atom. The van der Waals surface area contributed by atoms with Crippen LogP contribution in [0.3, 0.4) is 0 Å². The number of amides is 1. The number of nitrogens with one attached hydrogen (secondary N) is 1. The average molecular weight is 404 g/mol. The van der Waals surface area contributed by atoms with E-state index in [2.05, 4.69) is 48.9 Å². The van der Waals surface area contributed by atoms with E-state index in [4.69, 9.17) is 4.74 Å². The number of halogens is 1. The van der Waals surface area contributed by atoms with Gasteiger partial charge in [-0.1, -0.05) is 52.3 Å². The number of carbonyl (C=O) groups excluding carboxylic acids is 1. The van der Waals surface area contributed by atoms with Gasteiger partial charge in [0, 0.05) is 4.47 Å². The third-order valence-corrected chi connectivity index (χ3v) is 4.60. The SMILES string of the molecule is CCCc1ccc(OCC(=O)Nc2ccc(C(C)(C)C)cc2Br)cc1. The first-order chi connectivity index (χ1) is 11.8. The van der Waals surface area contributed by atoms with Gasteiger partial charge in [-0.3, -0.25) is 4.79 Å². The second kappa shape index (κ2) is 8.52. The molecule has 0 atom stereocenters. The Hall–Kier alpha value is -1.81. The van der Waals surface area contributed by atoms with Crippen molar-refractivity contribution >= 4 is 27.5 Å². The van der Waals surface area contributed by atoms with Gasteiger partial charge in [0.25, 0.3) is 5.91 Å². The summed E-state index contributed by atoms with van der Waals surface area (Å²) in [6, 6.07) is 13.9. The van der Waals surface area contributed by atoms with Gasteiger partial charge < -0.3 is 10.1 Å². The number of ether oxygens (including phenoxy) is 1. The van der Waals surface area contributed by atoms with Crippen molar-refractivity contribution in [1.29, 1.82) is 0 Å². The summed E-state index contributed by atoms with van der Waals surface area (Å²) >= 11 is 3.53. The summed E-state index contributed by atoms with van der Waals surface area (Å²) in [5.74, 6) is 0.527. The zero-order valence-electron chi connectivity index (χ0n) is 15.4. The lowest BCUT2D eigenvalue weighted by molar-refractivity contribution is -0.118. The van der Waals surface area contributed by atoms with Gasteiger partial charge in [-0.2, -0.15) is 0 Å². The molecule has 4 heteroatoms. The van der Waals surface area contributed by atoms with Gasteiger partial charge in [-0.25, -0.2) is 0 Å². The second-order valence-corrected chi connectivity index (χ2v) is 8.03. The highest BCUT2D eigenvalue weighted by Crippen LogP contribution is 2.30. The van der Waals surface area contributed by atoms with Crippen LogP contribution in [-0.2, 0) is 16.6 Å². The van der Waals surface area contributed by atoms with Crippen LogP contribution in [0.2, 0.25) is 0 Å². The van der Waals surface area contributed by atoms with Crippen LogP contribution in [0.5, 0.6) is 5.75 Å². The smallest absolute Gasteiger partial charge is 0.262 e. The number of hydrogen-bond donors (Lipinski definition) is 1. The van der Waals surface area contributed by atoms with E-state index in [9.17, 15) is 4.79 Å². The third-order valence-electron chi connectivity index (χ3n) is 3.94. The molecule has 2 aromatic carbocycles. The van der Waals surface area contributed by atoms with Gasteiger partial charge in [0.15, 0.2) is 6.61 Å². The molecule has 1 amide bonds. The fourth-order valence-electron chi connectivity index (χ4n) is 2.46. The minimum atomic E-state index is -0.179. The molecule has 0 aliphatic carbocycles. The third kappa shape index (κ3) is 5.89. The quantitative estimate of drug-likeness (QED) is 0.669. The summed E-state index contributed by atoms with van der Waals surface area (Å²) in [5, 5.41) is 2.88. The Balaban J connectivity index is 1.92. The minimum absolute atomic E-state index is 0.0133. The predicted octanol–water partition coefficient (Wildman–Crippen LogP) is 5.72. The van der Waals surface area contributed by atoms with Gasteiger partial charge in [-0.15, -0.1) is 0 Å². The molecular weight excluding hydrogens is 378 g/mol. The maximum atomic E-state index is 12.1. The van der Waals surface area contributed by atoms with Crippen LogP contribution >= 0.6 is 15.9 Å². The van der Waals surface area contributed by atoms with E-state index < -0.39 is 0 Å². The van der Waals surface area contributed by atoms with E-state index in [-0.39, 0.29) is 17.9 Å². The zero-order valence-corrected chi connectivity index (χ0v) is 16.9. The maximum Gasteiger partial charge on any atom is 0.262 e. The number of anilines is 1. The topological polar surface area (TPSA) is 38.3 Å². The van der Waals surface area contributed by atoms with E-state index in [0.717, 1.165) is 23.0 Å². The molecular formula is C21H26BrNO2. The normalized spacial score (nSPS) is 11.2. The summed E-state index contributed by atoms with van der Waals surface area (Å²) in [7, 11) is 0. The zero-order chi connectivity index (χ0) is 18.4. The molecule has 0 fully saturated rings. The molecule has 0 bridgehead atoms. The van der Waals surface area contributed by atoms with E-state index in [1.165, 1.54) is 11.1 Å². The van der Waals surface area contributed by atoms with Gasteiger partial charge in [0.1, 0.15) is 5.75 Å². The highest BCUT2D eigenvalue weighted by molar-refractivity contribution is 9.10. The van der Waals surface area contributed by atoms with E-state index in [1.54, 1.807) is 0 Å². The predicted molar refractivity (Wildman–Crippen MR) is 107 cm³/mol. The summed E-state index contributed by atoms with van der Waals surface area (Å²) < 4.78 is 6.44. The molecule has 0 spiro atoms. The first-order valence-electron chi connectivity index (χ1n) is 8.61. The van der Waals surface area contributed by atoms with Crippen molar-refractivity contribution in [3.8, 4) is 5.75 Å². The molecule has 2 rings (SSSR count). The molecule has 25 heavy (non-hydrogen) atoms. The molecule has 0 unspecified atom stereocenters. The number of hydrogen-bond acceptors (Lipinski definition) is 2. The van der Waals surface area contributed by atoms with Crippen LogP contribution in [0.15, 0.2) is 46.9 Å². The van der Waals surface area contributed by atoms with E-state index in [0.29, 0.717) is 5.75 Å². The number of carbonyl (C=O) groups is 1. The molecule has 1 N–H and O–H groups in total. The number of aryl methyl sites for hydroxylation is 1. The van der Waals surface area contributed by atoms with Crippen molar-refractivity contribution in [2.75, 3.05) is 11.9 Å². The highest BCUT2D eigenvalue weighted by Gasteiger charge is 2.15. The average Bonchev–Trinajstić information content (AvgIpc) is 2.55. The molecule has 0 aliphatic rings. The second-order valence-electron chi connectivity index (χ2n) is 7.18. The molecule has 0 aliphatic heterocycles. The Kier molecular flexibility index (Phi) is 6.65. The van der Waals surface area contributed by atoms with Crippen LogP contribution in [0.1, 0.15) is 45.2 Å². The standard InChI is InChI=1S/C21H26BrNO2/c1-5-6-15-7-10-17(11-8-15)25-14-20(24)23-19-12-9-16(13-18(19)22)21(2,3)4/h7-13H,5-6,14H2,1-4H3,(H,23,24). The Bertz CT molecular complexity index is 718. The Labute approximate surface area is 158 Å².